The fourth-order valence-electron chi connectivity index (χ4n) is 6.50. The highest BCUT2D eigenvalue weighted by Crippen LogP contribution is 2.49. The van der Waals surface area contributed by atoms with E-state index in [0.29, 0.717) is 12.5 Å². The van der Waals surface area contributed by atoms with Crippen molar-refractivity contribution in [3.8, 4) is 5.75 Å². The lowest BCUT2D eigenvalue weighted by molar-refractivity contribution is 0.0159. The molecule has 2 saturated carbocycles. The van der Waals surface area contributed by atoms with Crippen LogP contribution in [0.4, 0.5) is 4.79 Å². The van der Waals surface area contributed by atoms with Gasteiger partial charge >= 0.3 is 6.03 Å². The van der Waals surface area contributed by atoms with E-state index in [4.69, 9.17) is 4.74 Å². The van der Waals surface area contributed by atoms with Crippen molar-refractivity contribution in [3.63, 3.8) is 0 Å². The maximum absolute atomic E-state index is 13.8. The Morgan fingerprint density at radius 1 is 1.00 bits per heavy atom. The Labute approximate surface area is 204 Å². The van der Waals surface area contributed by atoms with E-state index in [0.717, 1.165) is 50.1 Å². The molecule has 182 valence electrons. The van der Waals surface area contributed by atoms with Gasteiger partial charge in [0.25, 0.3) is 0 Å². The molecule has 0 aromatic heterocycles. The van der Waals surface area contributed by atoms with Crippen LogP contribution in [0.15, 0.2) is 54.6 Å². The second kappa shape index (κ2) is 9.26. The topological polar surface area (TPSA) is 36.0 Å². The van der Waals surface area contributed by atoms with Gasteiger partial charge in [0.15, 0.2) is 0 Å². The smallest absolute Gasteiger partial charge is 0.320 e. The summed E-state index contributed by atoms with van der Waals surface area (Å²) in [6.07, 6.45) is 8.09. The van der Waals surface area contributed by atoms with Crippen LogP contribution < -0.4 is 4.74 Å². The van der Waals surface area contributed by atoms with Gasteiger partial charge in [-0.1, -0.05) is 48.9 Å². The molecule has 3 aliphatic rings. The van der Waals surface area contributed by atoms with Crippen LogP contribution in [0.5, 0.6) is 5.75 Å². The van der Waals surface area contributed by atoms with Gasteiger partial charge in [0.1, 0.15) is 5.75 Å². The van der Waals surface area contributed by atoms with E-state index in [9.17, 15) is 4.79 Å². The number of carbonyl (C=O) groups excluding carboxylic acids is 1. The number of hydrogen-bond donors (Lipinski definition) is 0. The lowest BCUT2D eigenvalue weighted by Gasteiger charge is -2.51. The number of carbonyl (C=O) groups is 1. The molecule has 5 rings (SSSR count). The van der Waals surface area contributed by atoms with Gasteiger partial charge in [0, 0.05) is 25.2 Å². The molecule has 0 radical (unpaired) electrons. The molecule has 5 nitrogen and oxygen atoms in total. The van der Waals surface area contributed by atoms with Crippen LogP contribution in [0.25, 0.3) is 0 Å². The zero-order chi connectivity index (χ0) is 23.8. The van der Waals surface area contributed by atoms with Crippen LogP contribution >= 0.6 is 0 Å². The predicted molar refractivity (Wildman–Crippen MR) is 136 cm³/mol. The number of benzene rings is 2. The summed E-state index contributed by atoms with van der Waals surface area (Å²) >= 11 is 0. The minimum atomic E-state index is -0.0557. The van der Waals surface area contributed by atoms with Crippen LogP contribution in [0.3, 0.4) is 0 Å². The van der Waals surface area contributed by atoms with Crippen molar-refractivity contribution in [2.45, 2.75) is 62.6 Å². The lowest BCUT2D eigenvalue weighted by atomic mass is 9.68. The highest BCUT2D eigenvalue weighted by atomic mass is 16.5. The molecular weight excluding hydrogens is 422 g/mol. The SMILES string of the molecule is COc1cccc(CN2C[C@]3(CC[C@@](c4ccccc4)(N(C)C)CC3)N(CC3CCC3)C2=O)c1. The molecule has 1 heterocycles. The Morgan fingerprint density at radius 2 is 1.74 bits per heavy atom. The summed E-state index contributed by atoms with van der Waals surface area (Å²) in [4.78, 5) is 20.6. The number of ether oxygens (including phenoxy) is 1. The summed E-state index contributed by atoms with van der Waals surface area (Å²) in [6.45, 7) is 2.40. The number of rotatable bonds is 7. The van der Waals surface area contributed by atoms with E-state index in [1.807, 2.05) is 12.1 Å². The zero-order valence-corrected chi connectivity index (χ0v) is 21.0. The molecule has 2 amide bonds. The minimum absolute atomic E-state index is 0.0396. The third-order valence-corrected chi connectivity index (χ3v) is 8.91. The average molecular weight is 462 g/mol. The van der Waals surface area contributed by atoms with Gasteiger partial charge in [-0.2, -0.15) is 0 Å². The summed E-state index contributed by atoms with van der Waals surface area (Å²) in [6, 6.07) is 19.3. The molecule has 0 atom stereocenters. The van der Waals surface area contributed by atoms with Gasteiger partial charge in [0.05, 0.1) is 12.6 Å². The van der Waals surface area contributed by atoms with Crippen molar-refractivity contribution in [1.29, 1.82) is 0 Å². The Morgan fingerprint density at radius 3 is 2.35 bits per heavy atom. The van der Waals surface area contributed by atoms with Crippen molar-refractivity contribution in [1.82, 2.24) is 14.7 Å². The highest BCUT2D eigenvalue weighted by molar-refractivity contribution is 5.78. The normalized spacial score (nSPS) is 27.5. The first kappa shape index (κ1) is 23.2. The van der Waals surface area contributed by atoms with Crippen LogP contribution in [-0.4, -0.2) is 60.6 Å². The molecule has 2 aromatic carbocycles. The number of methoxy groups -OCH3 is 1. The lowest BCUT2D eigenvalue weighted by Crippen LogP contribution is -2.56. The second-order valence-electron chi connectivity index (χ2n) is 10.9. The number of urea groups is 1. The Bertz CT molecular complexity index is 993. The van der Waals surface area contributed by atoms with Crippen molar-refractivity contribution >= 4 is 6.03 Å². The maximum Gasteiger partial charge on any atom is 0.320 e. The Kier molecular flexibility index (Phi) is 6.32. The molecule has 0 bridgehead atoms. The van der Waals surface area contributed by atoms with Crippen LogP contribution in [0.1, 0.15) is 56.1 Å². The summed E-state index contributed by atoms with van der Waals surface area (Å²) in [7, 11) is 6.12. The molecule has 1 spiro atoms. The van der Waals surface area contributed by atoms with E-state index >= 15 is 0 Å². The van der Waals surface area contributed by atoms with E-state index < -0.39 is 0 Å². The molecule has 5 heteroatoms. The van der Waals surface area contributed by atoms with E-state index in [-0.39, 0.29) is 17.1 Å². The van der Waals surface area contributed by atoms with Gasteiger partial charge in [-0.25, -0.2) is 4.79 Å². The molecule has 2 aromatic rings. The summed E-state index contributed by atoms with van der Waals surface area (Å²) in [5.74, 6) is 1.52. The van der Waals surface area contributed by atoms with Crippen molar-refractivity contribution < 1.29 is 9.53 Å². The Hall–Kier alpha value is -2.53. The van der Waals surface area contributed by atoms with Crippen molar-refractivity contribution in [3.05, 3.63) is 65.7 Å². The fourth-order valence-corrected chi connectivity index (χ4v) is 6.50. The quantitative estimate of drug-likeness (QED) is 0.546. The largest absolute Gasteiger partial charge is 0.497 e. The van der Waals surface area contributed by atoms with Crippen LogP contribution in [0.2, 0.25) is 0 Å². The van der Waals surface area contributed by atoms with Gasteiger partial charge in [-0.15, -0.1) is 0 Å². The van der Waals surface area contributed by atoms with E-state index in [1.54, 1.807) is 7.11 Å². The van der Waals surface area contributed by atoms with Gasteiger partial charge in [-0.3, -0.25) is 4.90 Å². The summed E-state index contributed by atoms with van der Waals surface area (Å²) in [5, 5.41) is 0. The third-order valence-electron chi connectivity index (χ3n) is 8.91. The van der Waals surface area contributed by atoms with Crippen molar-refractivity contribution in [2.75, 3.05) is 34.3 Å². The first-order chi connectivity index (χ1) is 16.5. The average Bonchev–Trinajstić information content (AvgIpc) is 3.07. The summed E-state index contributed by atoms with van der Waals surface area (Å²) in [5.41, 5.74) is 2.52. The minimum Gasteiger partial charge on any atom is -0.497 e. The first-order valence-electron chi connectivity index (χ1n) is 12.9. The van der Waals surface area contributed by atoms with Gasteiger partial charge in [-0.05, 0) is 81.8 Å². The van der Waals surface area contributed by atoms with Crippen LogP contribution in [0, 0.1) is 5.92 Å². The monoisotopic (exact) mass is 461 g/mol. The molecule has 1 saturated heterocycles. The van der Waals surface area contributed by atoms with Gasteiger partial charge < -0.3 is 14.5 Å². The maximum atomic E-state index is 13.8. The molecule has 2 aliphatic carbocycles. The number of hydrogen-bond acceptors (Lipinski definition) is 3. The van der Waals surface area contributed by atoms with Crippen molar-refractivity contribution in [2.24, 2.45) is 5.92 Å². The first-order valence-corrected chi connectivity index (χ1v) is 12.9. The molecule has 0 N–H and O–H groups in total. The standard InChI is InChI=1S/C29H39N3O2/c1-30(2)29(25-12-5-4-6-13-25)17-15-28(16-18-29)22-31(20-24-11-8-14-26(19-24)34-3)27(33)32(28)21-23-9-7-10-23/h4-6,8,11-14,19,23H,7,9-10,15-18,20-22H2,1-3H3/t28-,29-. The fraction of sp³-hybridized carbons (Fsp3) is 0.552. The second-order valence-corrected chi connectivity index (χ2v) is 10.9. The number of nitrogens with zero attached hydrogens (tertiary/aromatic N) is 3. The number of amides is 2. The molecule has 1 aliphatic heterocycles. The molecule has 34 heavy (non-hydrogen) atoms. The molecular formula is C29H39N3O2. The predicted octanol–water partition coefficient (Wildman–Crippen LogP) is 5.50. The molecule has 3 fully saturated rings. The van der Waals surface area contributed by atoms with E-state index in [1.165, 1.54) is 24.8 Å². The third kappa shape index (κ3) is 4.08. The van der Waals surface area contributed by atoms with E-state index in [2.05, 4.69) is 71.3 Å². The van der Waals surface area contributed by atoms with Gasteiger partial charge in [0.2, 0.25) is 0 Å². The summed E-state index contributed by atoms with van der Waals surface area (Å²) < 4.78 is 5.42. The molecule has 0 unspecified atom stereocenters. The zero-order valence-electron chi connectivity index (χ0n) is 21.0. The highest BCUT2D eigenvalue weighted by Gasteiger charge is 2.54. The van der Waals surface area contributed by atoms with Crippen LogP contribution in [-0.2, 0) is 12.1 Å². The Balaban J connectivity index is 1.40.